The molecule has 2 rings (SSSR count). The summed E-state index contributed by atoms with van der Waals surface area (Å²) < 4.78 is 15.7. The highest BCUT2D eigenvalue weighted by Gasteiger charge is 2.19. The van der Waals surface area contributed by atoms with E-state index < -0.39 is 18.5 Å². The van der Waals surface area contributed by atoms with E-state index in [0.717, 1.165) is 5.56 Å². The second-order valence-corrected chi connectivity index (χ2v) is 6.94. The molecule has 0 atom stereocenters. The highest BCUT2D eigenvalue weighted by Crippen LogP contribution is 2.30. The van der Waals surface area contributed by atoms with E-state index in [2.05, 4.69) is 26.1 Å². The average molecular weight is 371 g/mol. The van der Waals surface area contributed by atoms with Gasteiger partial charge in [-0.25, -0.2) is 4.79 Å². The summed E-state index contributed by atoms with van der Waals surface area (Å²) in [4.78, 5) is 23.9. The second kappa shape index (κ2) is 9.07. The van der Waals surface area contributed by atoms with Crippen LogP contribution in [0.4, 0.5) is 5.69 Å². The van der Waals surface area contributed by atoms with Crippen LogP contribution >= 0.6 is 0 Å². The predicted molar refractivity (Wildman–Crippen MR) is 103 cm³/mol. The maximum Gasteiger partial charge on any atom is 0.344 e. The first-order valence-corrected chi connectivity index (χ1v) is 8.62. The van der Waals surface area contributed by atoms with Crippen molar-refractivity contribution < 1.29 is 23.8 Å². The van der Waals surface area contributed by atoms with Crippen molar-refractivity contribution in [2.75, 3.05) is 25.6 Å². The molecule has 0 unspecified atom stereocenters. The van der Waals surface area contributed by atoms with Crippen LogP contribution in [0.15, 0.2) is 48.5 Å². The number of para-hydroxylation sites is 3. The molecule has 2 aromatic rings. The number of nitrogens with one attached hydrogen (secondary N) is 1. The molecule has 6 nitrogen and oxygen atoms in total. The second-order valence-electron chi connectivity index (χ2n) is 6.94. The summed E-state index contributed by atoms with van der Waals surface area (Å²) in [7, 11) is 1.51. The standard InChI is InChI=1S/C21H25NO5/c1-21(2,3)15-9-5-7-11-17(15)26-14-20(24)27-13-19(23)22-16-10-6-8-12-18(16)25-4/h5-12H,13-14H2,1-4H3,(H,22,23). The molecule has 0 spiro atoms. The van der Waals surface area contributed by atoms with E-state index in [4.69, 9.17) is 14.2 Å². The summed E-state index contributed by atoms with van der Waals surface area (Å²) in [5.74, 6) is 0.0801. The van der Waals surface area contributed by atoms with Gasteiger partial charge in [0.2, 0.25) is 0 Å². The molecule has 0 aliphatic carbocycles. The molecule has 0 saturated carbocycles. The van der Waals surface area contributed by atoms with E-state index in [1.165, 1.54) is 7.11 Å². The number of methoxy groups -OCH3 is 1. The van der Waals surface area contributed by atoms with Crippen LogP contribution in [0.5, 0.6) is 11.5 Å². The Balaban J connectivity index is 1.84. The lowest BCUT2D eigenvalue weighted by Crippen LogP contribution is -2.24. The number of hydrogen-bond acceptors (Lipinski definition) is 5. The van der Waals surface area contributed by atoms with Gasteiger partial charge in [-0.2, -0.15) is 0 Å². The summed E-state index contributed by atoms with van der Waals surface area (Å²) >= 11 is 0. The van der Waals surface area contributed by atoms with Gasteiger partial charge in [0.15, 0.2) is 13.2 Å². The minimum atomic E-state index is -0.617. The van der Waals surface area contributed by atoms with E-state index in [9.17, 15) is 9.59 Å². The summed E-state index contributed by atoms with van der Waals surface area (Å²) in [6, 6.07) is 14.5. The number of benzene rings is 2. The maximum absolute atomic E-state index is 12.0. The van der Waals surface area contributed by atoms with Crippen LogP contribution in [0.25, 0.3) is 0 Å². The van der Waals surface area contributed by atoms with Crippen molar-refractivity contribution in [2.24, 2.45) is 0 Å². The minimum Gasteiger partial charge on any atom is -0.495 e. The Morgan fingerprint density at radius 3 is 2.22 bits per heavy atom. The van der Waals surface area contributed by atoms with Gasteiger partial charge in [0.25, 0.3) is 5.91 Å². The van der Waals surface area contributed by atoms with Crippen molar-refractivity contribution in [3.05, 3.63) is 54.1 Å². The quantitative estimate of drug-likeness (QED) is 0.754. The van der Waals surface area contributed by atoms with Crippen LogP contribution in [0.1, 0.15) is 26.3 Å². The molecule has 0 radical (unpaired) electrons. The highest BCUT2D eigenvalue weighted by atomic mass is 16.6. The maximum atomic E-state index is 12.0. The zero-order valence-corrected chi connectivity index (χ0v) is 16.1. The topological polar surface area (TPSA) is 73.9 Å². The zero-order valence-electron chi connectivity index (χ0n) is 16.1. The number of esters is 1. The Hall–Kier alpha value is -3.02. The summed E-state index contributed by atoms with van der Waals surface area (Å²) in [6.07, 6.45) is 0. The fourth-order valence-electron chi connectivity index (χ4n) is 2.47. The summed E-state index contributed by atoms with van der Waals surface area (Å²) in [5, 5.41) is 2.64. The number of ether oxygens (including phenoxy) is 3. The third kappa shape index (κ3) is 6.02. The van der Waals surface area contributed by atoms with Crippen molar-refractivity contribution >= 4 is 17.6 Å². The predicted octanol–water partition coefficient (Wildman–Crippen LogP) is 3.55. The molecule has 6 heteroatoms. The van der Waals surface area contributed by atoms with Gasteiger partial charge in [-0.1, -0.05) is 51.1 Å². The fraction of sp³-hybridized carbons (Fsp3) is 0.333. The van der Waals surface area contributed by atoms with Gasteiger partial charge in [0.1, 0.15) is 11.5 Å². The Morgan fingerprint density at radius 1 is 0.926 bits per heavy atom. The number of anilines is 1. The SMILES string of the molecule is COc1ccccc1NC(=O)COC(=O)COc1ccccc1C(C)(C)C. The van der Waals surface area contributed by atoms with Crippen LogP contribution in [0, 0.1) is 0 Å². The van der Waals surface area contributed by atoms with Gasteiger partial charge in [-0.15, -0.1) is 0 Å². The highest BCUT2D eigenvalue weighted by molar-refractivity contribution is 5.94. The lowest BCUT2D eigenvalue weighted by Gasteiger charge is -2.22. The molecule has 0 bridgehead atoms. The fourth-order valence-corrected chi connectivity index (χ4v) is 2.47. The lowest BCUT2D eigenvalue weighted by atomic mass is 9.86. The lowest BCUT2D eigenvalue weighted by molar-refractivity contribution is -0.149. The summed E-state index contributed by atoms with van der Waals surface area (Å²) in [6.45, 7) is 5.53. The van der Waals surface area contributed by atoms with Crippen LogP contribution in [-0.2, 0) is 19.7 Å². The van der Waals surface area contributed by atoms with Gasteiger partial charge >= 0.3 is 5.97 Å². The Morgan fingerprint density at radius 2 is 1.56 bits per heavy atom. The van der Waals surface area contributed by atoms with Crippen LogP contribution in [0.2, 0.25) is 0 Å². The van der Waals surface area contributed by atoms with Gasteiger partial charge in [-0.05, 0) is 29.2 Å². The first-order chi connectivity index (χ1) is 12.8. The van der Waals surface area contributed by atoms with Crippen molar-refractivity contribution in [1.82, 2.24) is 0 Å². The molecule has 144 valence electrons. The third-order valence-corrected chi connectivity index (χ3v) is 3.79. The molecular weight excluding hydrogens is 346 g/mol. The van der Waals surface area contributed by atoms with E-state index >= 15 is 0 Å². The third-order valence-electron chi connectivity index (χ3n) is 3.79. The van der Waals surface area contributed by atoms with E-state index in [1.807, 2.05) is 24.3 Å². The number of carbonyl (C=O) groups excluding carboxylic acids is 2. The van der Waals surface area contributed by atoms with Crippen LogP contribution < -0.4 is 14.8 Å². The molecule has 2 aromatic carbocycles. The molecule has 1 N–H and O–H groups in total. The molecule has 27 heavy (non-hydrogen) atoms. The Bertz CT molecular complexity index is 795. The molecular formula is C21H25NO5. The largest absolute Gasteiger partial charge is 0.495 e. The first kappa shape index (κ1) is 20.3. The molecule has 0 saturated heterocycles. The number of amides is 1. The van der Waals surface area contributed by atoms with Crippen molar-refractivity contribution in [3.63, 3.8) is 0 Å². The molecule has 1 amide bonds. The van der Waals surface area contributed by atoms with Gasteiger partial charge < -0.3 is 19.5 Å². The van der Waals surface area contributed by atoms with Crippen LogP contribution in [0.3, 0.4) is 0 Å². The van der Waals surface area contributed by atoms with E-state index in [1.54, 1.807) is 24.3 Å². The average Bonchev–Trinajstić information content (AvgIpc) is 2.64. The van der Waals surface area contributed by atoms with E-state index in [0.29, 0.717) is 17.2 Å². The number of rotatable bonds is 7. The Labute approximate surface area is 159 Å². The van der Waals surface area contributed by atoms with Crippen molar-refractivity contribution in [3.8, 4) is 11.5 Å². The number of hydrogen-bond donors (Lipinski definition) is 1. The molecule has 0 fully saturated rings. The molecule has 0 heterocycles. The van der Waals surface area contributed by atoms with Gasteiger partial charge in [0, 0.05) is 0 Å². The van der Waals surface area contributed by atoms with Crippen LogP contribution in [-0.4, -0.2) is 32.2 Å². The molecule has 0 aliphatic heterocycles. The van der Waals surface area contributed by atoms with Crippen molar-refractivity contribution in [1.29, 1.82) is 0 Å². The Kier molecular flexibility index (Phi) is 6.82. The monoisotopic (exact) mass is 371 g/mol. The zero-order chi connectivity index (χ0) is 19.9. The molecule has 0 aromatic heterocycles. The van der Waals surface area contributed by atoms with E-state index in [-0.39, 0.29) is 12.0 Å². The molecule has 0 aliphatic rings. The van der Waals surface area contributed by atoms with Gasteiger partial charge in [-0.3, -0.25) is 4.79 Å². The normalized spacial score (nSPS) is 10.8. The van der Waals surface area contributed by atoms with Crippen molar-refractivity contribution in [2.45, 2.75) is 26.2 Å². The minimum absolute atomic E-state index is 0.116. The number of carbonyl (C=O) groups is 2. The first-order valence-electron chi connectivity index (χ1n) is 8.62. The summed E-state index contributed by atoms with van der Waals surface area (Å²) in [5.41, 5.74) is 1.39. The smallest absolute Gasteiger partial charge is 0.344 e. The van der Waals surface area contributed by atoms with Gasteiger partial charge in [0.05, 0.1) is 12.8 Å².